The van der Waals surface area contributed by atoms with Crippen molar-refractivity contribution in [1.82, 2.24) is 15.0 Å². The Morgan fingerprint density at radius 2 is 2.24 bits per heavy atom. The van der Waals surface area contributed by atoms with Gasteiger partial charge in [-0.3, -0.25) is 10.1 Å². The van der Waals surface area contributed by atoms with Crippen molar-refractivity contribution < 1.29 is 14.7 Å². The molecule has 0 radical (unpaired) electrons. The first kappa shape index (κ1) is 11.7. The SMILES string of the molecule is O=C(Nc1ncc(Br)s1)c1nc[nH]c1C(=O)O. The minimum absolute atomic E-state index is 0.177. The van der Waals surface area contributed by atoms with Gasteiger partial charge in [-0.15, -0.1) is 0 Å². The number of carbonyl (C=O) groups excluding carboxylic acids is 1. The van der Waals surface area contributed by atoms with E-state index in [1.54, 1.807) is 0 Å². The summed E-state index contributed by atoms with van der Waals surface area (Å²) in [5, 5.41) is 11.6. The molecule has 88 valence electrons. The van der Waals surface area contributed by atoms with Gasteiger partial charge in [0.1, 0.15) is 0 Å². The molecule has 0 aliphatic heterocycles. The van der Waals surface area contributed by atoms with Crippen LogP contribution < -0.4 is 5.32 Å². The average molecular weight is 317 g/mol. The lowest BCUT2D eigenvalue weighted by molar-refractivity contribution is 0.0686. The van der Waals surface area contributed by atoms with Crippen LogP contribution in [0.25, 0.3) is 0 Å². The summed E-state index contributed by atoms with van der Waals surface area (Å²) in [4.78, 5) is 32.4. The standard InChI is InChI=1S/C8H5BrN4O3S/c9-3-1-10-8(17-3)13-6(14)4-5(7(15)16)12-2-11-4/h1-2H,(H,11,12)(H,15,16)(H,10,13,14). The number of aromatic carboxylic acids is 1. The van der Waals surface area contributed by atoms with E-state index >= 15 is 0 Å². The Balaban J connectivity index is 2.20. The van der Waals surface area contributed by atoms with Gasteiger partial charge in [0.05, 0.1) is 16.3 Å². The molecule has 17 heavy (non-hydrogen) atoms. The van der Waals surface area contributed by atoms with E-state index in [0.29, 0.717) is 5.13 Å². The smallest absolute Gasteiger partial charge is 0.354 e. The number of aromatic nitrogens is 3. The molecule has 2 aromatic rings. The van der Waals surface area contributed by atoms with E-state index in [1.165, 1.54) is 17.5 Å². The zero-order chi connectivity index (χ0) is 12.4. The van der Waals surface area contributed by atoms with Gasteiger partial charge in [-0.2, -0.15) is 0 Å². The average Bonchev–Trinajstić information content (AvgIpc) is 2.86. The maximum atomic E-state index is 11.7. The third-order valence-electron chi connectivity index (χ3n) is 1.77. The third kappa shape index (κ3) is 2.50. The predicted octanol–water partition coefficient (Wildman–Crippen LogP) is 1.58. The molecular formula is C8H5BrN4O3S. The molecule has 1 amide bonds. The fourth-order valence-corrected chi connectivity index (χ4v) is 2.20. The molecule has 7 nitrogen and oxygen atoms in total. The minimum atomic E-state index is -1.24. The van der Waals surface area contributed by atoms with Gasteiger partial charge in [0.15, 0.2) is 16.5 Å². The van der Waals surface area contributed by atoms with E-state index < -0.39 is 11.9 Å². The largest absolute Gasteiger partial charge is 0.477 e. The van der Waals surface area contributed by atoms with Crippen LogP contribution in [0.5, 0.6) is 0 Å². The normalized spacial score (nSPS) is 10.2. The molecule has 0 aromatic carbocycles. The first-order valence-electron chi connectivity index (χ1n) is 4.27. The predicted molar refractivity (Wildman–Crippen MR) is 63.3 cm³/mol. The summed E-state index contributed by atoms with van der Waals surface area (Å²) in [6, 6.07) is 0. The first-order valence-corrected chi connectivity index (χ1v) is 5.88. The number of aromatic amines is 1. The maximum Gasteiger partial charge on any atom is 0.354 e. The number of nitrogens with zero attached hydrogens (tertiary/aromatic N) is 2. The molecule has 0 spiro atoms. The van der Waals surface area contributed by atoms with Crippen molar-refractivity contribution in [3.63, 3.8) is 0 Å². The molecule has 2 aromatic heterocycles. The van der Waals surface area contributed by atoms with Crippen molar-refractivity contribution in [1.29, 1.82) is 0 Å². The number of halogens is 1. The molecule has 9 heteroatoms. The lowest BCUT2D eigenvalue weighted by Crippen LogP contribution is -2.16. The number of hydrogen-bond acceptors (Lipinski definition) is 5. The summed E-state index contributed by atoms with van der Waals surface area (Å²) in [5.74, 6) is -1.86. The summed E-state index contributed by atoms with van der Waals surface area (Å²) >= 11 is 4.41. The number of imidazole rings is 1. The van der Waals surface area contributed by atoms with Crippen LogP contribution >= 0.6 is 27.3 Å². The van der Waals surface area contributed by atoms with E-state index in [0.717, 1.165) is 10.1 Å². The second-order valence-electron chi connectivity index (χ2n) is 2.85. The second-order valence-corrected chi connectivity index (χ2v) is 5.26. The Morgan fingerprint density at radius 3 is 2.82 bits per heavy atom. The molecule has 0 bridgehead atoms. The molecule has 0 aliphatic carbocycles. The van der Waals surface area contributed by atoms with Crippen LogP contribution in [0.15, 0.2) is 16.3 Å². The van der Waals surface area contributed by atoms with Crippen molar-refractivity contribution in [2.45, 2.75) is 0 Å². The van der Waals surface area contributed by atoms with Crippen LogP contribution in [-0.4, -0.2) is 31.9 Å². The van der Waals surface area contributed by atoms with E-state index in [-0.39, 0.29) is 11.4 Å². The van der Waals surface area contributed by atoms with E-state index in [9.17, 15) is 9.59 Å². The Labute approximate surface area is 107 Å². The van der Waals surface area contributed by atoms with Gasteiger partial charge >= 0.3 is 5.97 Å². The van der Waals surface area contributed by atoms with Gasteiger partial charge in [0.25, 0.3) is 5.91 Å². The molecule has 0 saturated carbocycles. The number of H-pyrrole nitrogens is 1. The topological polar surface area (TPSA) is 108 Å². The molecule has 0 fully saturated rings. The van der Waals surface area contributed by atoms with Crippen LogP contribution in [0.4, 0.5) is 5.13 Å². The van der Waals surface area contributed by atoms with E-state index in [1.807, 2.05) is 0 Å². The maximum absolute atomic E-state index is 11.7. The highest BCUT2D eigenvalue weighted by atomic mass is 79.9. The molecular weight excluding hydrogens is 312 g/mol. The molecule has 0 aliphatic rings. The quantitative estimate of drug-likeness (QED) is 0.796. The van der Waals surface area contributed by atoms with Crippen molar-refractivity contribution in [3.05, 3.63) is 27.7 Å². The first-order chi connectivity index (χ1) is 8.08. The number of carboxylic acid groups (broad SMARTS) is 1. The Morgan fingerprint density at radius 1 is 1.47 bits per heavy atom. The summed E-state index contributed by atoms with van der Waals surface area (Å²) in [6.07, 6.45) is 2.68. The van der Waals surface area contributed by atoms with Crippen LogP contribution in [0, 0.1) is 0 Å². The number of amides is 1. The van der Waals surface area contributed by atoms with Gasteiger partial charge in [-0.05, 0) is 15.9 Å². The minimum Gasteiger partial charge on any atom is -0.477 e. The van der Waals surface area contributed by atoms with E-state index in [2.05, 4.69) is 36.2 Å². The van der Waals surface area contributed by atoms with E-state index in [4.69, 9.17) is 5.11 Å². The van der Waals surface area contributed by atoms with Crippen molar-refractivity contribution in [2.24, 2.45) is 0 Å². The highest BCUT2D eigenvalue weighted by Gasteiger charge is 2.20. The van der Waals surface area contributed by atoms with Crippen LogP contribution in [0.3, 0.4) is 0 Å². The molecule has 2 rings (SSSR count). The summed E-state index contributed by atoms with van der Waals surface area (Å²) in [7, 11) is 0. The highest BCUT2D eigenvalue weighted by Crippen LogP contribution is 2.23. The summed E-state index contributed by atoms with van der Waals surface area (Å²) in [5.41, 5.74) is -0.429. The second kappa shape index (κ2) is 4.63. The number of carboxylic acids is 1. The van der Waals surface area contributed by atoms with Crippen LogP contribution in [0.2, 0.25) is 0 Å². The third-order valence-corrected chi connectivity index (χ3v) is 3.16. The van der Waals surface area contributed by atoms with Crippen LogP contribution in [-0.2, 0) is 0 Å². The summed E-state index contributed by atoms with van der Waals surface area (Å²) in [6.45, 7) is 0. The lowest BCUT2D eigenvalue weighted by Gasteiger charge is -1.98. The van der Waals surface area contributed by atoms with Crippen molar-refractivity contribution >= 4 is 44.3 Å². The Bertz CT molecular complexity index is 579. The van der Waals surface area contributed by atoms with Gasteiger partial charge in [0, 0.05) is 0 Å². The van der Waals surface area contributed by atoms with Crippen LogP contribution in [0.1, 0.15) is 21.0 Å². The van der Waals surface area contributed by atoms with Crippen molar-refractivity contribution in [3.8, 4) is 0 Å². The molecule has 0 unspecified atom stereocenters. The Hall–Kier alpha value is -1.74. The Kier molecular flexibility index (Phi) is 3.20. The van der Waals surface area contributed by atoms with Crippen molar-refractivity contribution in [2.75, 3.05) is 5.32 Å². The fourth-order valence-electron chi connectivity index (χ4n) is 1.10. The molecule has 2 heterocycles. The highest BCUT2D eigenvalue weighted by molar-refractivity contribution is 9.11. The molecule has 3 N–H and O–H groups in total. The number of nitrogens with one attached hydrogen (secondary N) is 2. The zero-order valence-electron chi connectivity index (χ0n) is 8.10. The number of rotatable bonds is 3. The number of hydrogen-bond donors (Lipinski definition) is 3. The number of thiazole rings is 1. The molecule has 0 saturated heterocycles. The van der Waals surface area contributed by atoms with Gasteiger partial charge in [-0.1, -0.05) is 11.3 Å². The molecule has 0 atom stereocenters. The lowest BCUT2D eigenvalue weighted by atomic mass is 10.3. The monoisotopic (exact) mass is 316 g/mol. The number of anilines is 1. The van der Waals surface area contributed by atoms with Gasteiger partial charge in [0.2, 0.25) is 0 Å². The van der Waals surface area contributed by atoms with Gasteiger partial charge < -0.3 is 10.1 Å². The number of carbonyl (C=O) groups is 2. The fraction of sp³-hybridized carbons (Fsp3) is 0. The summed E-state index contributed by atoms with van der Waals surface area (Å²) < 4.78 is 0.758. The zero-order valence-corrected chi connectivity index (χ0v) is 10.5. The van der Waals surface area contributed by atoms with Gasteiger partial charge in [-0.25, -0.2) is 14.8 Å².